The largest absolute Gasteiger partial charge is 0.122 e. The molecule has 18 heavy (non-hydrogen) atoms. The number of alkyl halides is 2. The predicted molar refractivity (Wildman–Crippen MR) is 84.4 cm³/mol. The molecule has 2 aromatic carbocycles. The van der Waals surface area contributed by atoms with Crippen LogP contribution in [0.2, 0.25) is 0 Å². The number of hydrogen-bond donors (Lipinski definition) is 0. The Balaban J connectivity index is 0.000000180. The highest BCUT2D eigenvalue weighted by Crippen LogP contribution is 2.17. The maximum atomic E-state index is 5.80. The number of rotatable bonds is 2. The summed E-state index contributed by atoms with van der Waals surface area (Å²) >= 11 is 14.7. The molecule has 2 rings (SSSR count). The van der Waals surface area contributed by atoms with Crippen LogP contribution in [0.25, 0.3) is 0 Å². The average molecular weight is 346 g/mol. The summed E-state index contributed by atoms with van der Waals surface area (Å²) < 4.78 is 1.09. The fraction of sp³-hybridized carbons (Fsp3) is 0.200. The fourth-order valence-corrected chi connectivity index (χ4v) is 1.88. The predicted octanol–water partition coefficient (Wildman–Crippen LogP) is 6.17. The second-order valence-corrected chi connectivity index (χ2v) is 5.62. The molecular weight excluding hydrogens is 331 g/mol. The van der Waals surface area contributed by atoms with Crippen LogP contribution in [0.3, 0.4) is 0 Å². The topological polar surface area (TPSA) is 0 Å². The molecular formula is C15H15BrCl2. The van der Waals surface area contributed by atoms with Gasteiger partial charge in [-0.2, -0.15) is 0 Å². The molecule has 1 atom stereocenters. The molecule has 0 N–H and O–H groups in total. The lowest BCUT2D eigenvalue weighted by Crippen LogP contribution is -1.80. The van der Waals surface area contributed by atoms with Gasteiger partial charge in [-0.05, 0) is 30.2 Å². The normalized spacial score (nSPS) is 11.3. The first-order chi connectivity index (χ1) is 8.63. The van der Waals surface area contributed by atoms with Crippen molar-refractivity contribution in [2.75, 3.05) is 0 Å². The molecule has 1 unspecified atom stereocenters. The summed E-state index contributed by atoms with van der Waals surface area (Å²) in [5.41, 5.74) is 2.33. The standard InChI is InChI=1S/C8H9Cl.C7H6BrCl/c1-7(9)8-5-3-2-4-6-8;8-7-3-1-6(5-9)2-4-7/h2-7H,1H3;1-4H,5H2. The van der Waals surface area contributed by atoms with Gasteiger partial charge in [-0.15, -0.1) is 23.2 Å². The van der Waals surface area contributed by atoms with Crippen molar-refractivity contribution in [2.45, 2.75) is 18.2 Å². The monoisotopic (exact) mass is 344 g/mol. The van der Waals surface area contributed by atoms with E-state index >= 15 is 0 Å². The van der Waals surface area contributed by atoms with Crippen molar-refractivity contribution in [3.8, 4) is 0 Å². The Bertz CT molecular complexity index is 438. The van der Waals surface area contributed by atoms with Gasteiger partial charge in [0.05, 0.1) is 5.38 Å². The lowest BCUT2D eigenvalue weighted by atomic mass is 10.2. The molecule has 0 amide bonds. The van der Waals surface area contributed by atoms with Gasteiger partial charge in [-0.3, -0.25) is 0 Å². The Morgan fingerprint density at radius 3 is 1.94 bits per heavy atom. The highest BCUT2D eigenvalue weighted by Gasteiger charge is 1.95. The Morgan fingerprint density at radius 1 is 1.00 bits per heavy atom. The third-order valence-electron chi connectivity index (χ3n) is 2.33. The molecule has 0 aromatic heterocycles. The molecule has 0 nitrogen and oxygen atoms in total. The minimum atomic E-state index is 0.131. The van der Waals surface area contributed by atoms with Gasteiger partial charge >= 0.3 is 0 Å². The summed E-state index contributed by atoms with van der Waals surface area (Å²) in [6.45, 7) is 1.97. The highest BCUT2D eigenvalue weighted by atomic mass is 79.9. The molecule has 0 saturated heterocycles. The zero-order valence-corrected chi connectivity index (χ0v) is 13.2. The van der Waals surface area contributed by atoms with Crippen molar-refractivity contribution < 1.29 is 0 Å². The summed E-state index contributed by atoms with van der Waals surface area (Å²) in [6, 6.07) is 18.0. The molecule has 0 saturated carbocycles. The van der Waals surface area contributed by atoms with E-state index in [9.17, 15) is 0 Å². The van der Waals surface area contributed by atoms with Crippen LogP contribution in [0.15, 0.2) is 59.1 Å². The van der Waals surface area contributed by atoms with E-state index in [0.717, 1.165) is 10.0 Å². The van der Waals surface area contributed by atoms with Gasteiger partial charge in [0.1, 0.15) is 0 Å². The van der Waals surface area contributed by atoms with Gasteiger partial charge in [0.2, 0.25) is 0 Å². The van der Waals surface area contributed by atoms with Crippen molar-refractivity contribution in [2.24, 2.45) is 0 Å². The molecule has 0 bridgehead atoms. The lowest BCUT2D eigenvalue weighted by molar-refractivity contribution is 1.08. The molecule has 3 heteroatoms. The molecule has 0 aliphatic carbocycles. The average Bonchev–Trinajstić information content (AvgIpc) is 2.41. The zero-order chi connectivity index (χ0) is 13.4. The van der Waals surface area contributed by atoms with Crippen LogP contribution in [0, 0.1) is 0 Å². The van der Waals surface area contributed by atoms with Gasteiger partial charge in [0.25, 0.3) is 0 Å². The van der Waals surface area contributed by atoms with E-state index in [4.69, 9.17) is 23.2 Å². The minimum absolute atomic E-state index is 0.131. The second-order valence-electron chi connectivity index (χ2n) is 3.79. The third kappa shape index (κ3) is 5.90. The van der Waals surface area contributed by atoms with Gasteiger partial charge < -0.3 is 0 Å². The summed E-state index contributed by atoms with van der Waals surface area (Å²) in [4.78, 5) is 0. The number of halogens is 3. The minimum Gasteiger partial charge on any atom is -0.122 e. The summed E-state index contributed by atoms with van der Waals surface area (Å²) in [6.07, 6.45) is 0. The maximum absolute atomic E-state index is 5.80. The Kier molecular flexibility index (Phi) is 7.41. The van der Waals surface area contributed by atoms with Crippen molar-refractivity contribution >= 4 is 39.1 Å². The Morgan fingerprint density at radius 2 is 1.56 bits per heavy atom. The van der Waals surface area contributed by atoms with Crippen LogP contribution in [0.5, 0.6) is 0 Å². The number of hydrogen-bond acceptors (Lipinski definition) is 0. The molecule has 0 fully saturated rings. The first kappa shape index (κ1) is 15.6. The fourth-order valence-electron chi connectivity index (χ4n) is 1.29. The molecule has 0 aliphatic heterocycles. The van der Waals surface area contributed by atoms with Crippen LogP contribution < -0.4 is 0 Å². The van der Waals surface area contributed by atoms with Crippen molar-refractivity contribution in [1.29, 1.82) is 0 Å². The smallest absolute Gasteiger partial charge is 0.0557 e. The van der Waals surface area contributed by atoms with E-state index in [1.165, 1.54) is 5.56 Å². The van der Waals surface area contributed by atoms with E-state index < -0.39 is 0 Å². The summed E-state index contributed by atoms with van der Waals surface area (Å²) in [5, 5.41) is 0.131. The molecule has 0 heterocycles. The second kappa shape index (κ2) is 8.58. The molecule has 2 aromatic rings. The van der Waals surface area contributed by atoms with Gasteiger partial charge in [0.15, 0.2) is 0 Å². The molecule has 0 aliphatic rings. The van der Waals surface area contributed by atoms with Crippen LogP contribution in [0.1, 0.15) is 23.4 Å². The van der Waals surface area contributed by atoms with Gasteiger partial charge in [0, 0.05) is 10.4 Å². The quantitative estimate of drug-likeness (QED) is 0.570. The van der Waals surface area contributed by atoms with E-state index in [1.54, 1.807) is 0 Å². The van der Waals surface area contributed by atoms with Crippen molar-refractivity contribution in [3.63, 3.8) is 0 Å². The first-order valence-corrected chi connectivity index (χ1v) is 7.39. The highest BCUT2D eigenvalue weighted by molar-refractivity contribution is 9.10. The van der Waals surface area contributed by atoms with E-state index in [2.05, 4.69) is 15.9 Å². The van der Waals surface area contributed by atoms with Crippen LogP contribution >= 0.6 is 39.1 Å². The van der Waals surface area contributed by atoms with E-state index in [-0.39, 0.29) is 5.38 Å². The molecule has 0 spiro atoms. The maximum Gasteiger partial charge on any atom is 0.0557 e. The van der Waals surface area contributed by atoms with Crippen LogP contribution in [-0.2, 0) is 5.88 Å². The van der Waals surface area contributed by atoms with Gasteiger partial charge in [-0.25, -0.2) is 0 Å². The van der Waals surface area contributed by atoms with E-state index in [0.29, 0.717) is 5.88 Å². The Labute approximate surface area is 127 Å². The first-order valence-electron chi connectivity index (χ1n) is 5.63. The lowest BCUT2D eigenvalue weighted by Gasteiger charge is -1.99. The van der Waals surface area contributed by atoms with Crippen molar-refractivity contribution in [3.05, 3.63) is 70.2 Å². The molecule has 96 valence electrons. The SMILES string of the molecule is CC(Cl)c1ccccc1.ClCc1ccc(Br)cc1. The summed E-state index contributed by atoms with van der Waals surface area (Å²) in [7, 11) is 0. The zero-order valence-electron chi connectivity index (χ0n) is 10.1. The third-order valence-corrected chi connectivity index (χ3v) is 3.42. The van der Waals surface area contributed by atoms with E-state index in [1.807, 2.05) is 61.5 Å². The molecule has 0 radical (unpaired) electrons. The summed E-state index contributed by atoms with van der Waals surface area (Å²) in [5.74, 6) is 0.591. The van der Waals surface area contributed by atoms with Crippen molar-refractivity contribution in [1.82, 2.24) is 0 Å². The number of benzene rings is 2. The van der Waals surface area contributed by atoms with Gasteiger partial charge in [-0.1, -0.05) is 58.4 Å². The Hall–Kier alpha value is -0.500. The van der Waals surface area contributed by atoms with Crippen LogP contribution in [-0.4, -0.2) is 0 Å². The van der Waals surface area contributed by atoms with Crippen LogP contribution in [0.4, 0.5) is 0 Å².